The smallest absolute Gasteiger partial charge is 0.265 e. The van der Waals surface area contributed by atoms with Gasteiger partial charge < -0.3 is 0 Å². The first-order valence-corrected chi connectivity index (χ1v) is 23.5. The maximum absolute atomic E-state index is 5.10. The molecule has 7 heteroatoms. The van der Waals surface area contributed by atoms with Gasteiger partial charge in [-0.25, -0.2) is 0 Å². The number of aromatic nitrogens is 5. The second-order valence-corrected chi connectivity index (χ2v) is 19.0. The van der Waals surface area contributed by atoms with Gasteiger partial charge in [0.05, 0.1) is 0 Å². The molecule has 0 aliphatic heterocycles. The van der Waals surface area contributed by atoms with Crippen LogP contribution in [0.4, 0.5) is 11.4 Å². The Morgan fingerprint density at radius 2 is 1.09 bits per heavy atom. The van der Waals surface area contributed by atoms with E-state index in [0.717, 1.165) is 71.1 Å². The molecule has 0 spiro atoms. The Kier molecular flexibility index (Phi) is 10.4. The van der Waals surface area contributed by atoms with Crippen LogP contribution in [-0.4, -0.2) is 30.7 Å². The third-order valence-electron chi connectivity index (χ3n) is 12.9. The van der Waals surface area contributed by atoms with E-state index in [2.05, 4.69) is 248 Å². The predicted octanol–water partition coefficient (Wildman–Crippen LogP) is 14.8. The number of nitrogens with zero attached hydrogens (tertiary/aromatic N) is 6. The van der Waals surface area contributed by atoms with Crippen molar-refractivity contribution < 1.29 is 19.4 Å². The minimum atomic E-state index is -0.126. The normalized spacial score (nSPS) is 11.8. The number of hydrogen-bond donors (Lipinski definition) is 0. The number of hydrogen-bond acceptors (Lipinski definition) is 3. The van der Waals surface area contributed by atoms with Gasteiger partial charge in [-0.3, -0.25) is 4.98 Å². The van der Waals surface area contributed by atoms with Gasteiger partial charge in [0.2, 0.25) is 0 Å². The molecule has 0 N–H and O–H groups in total. The van der Waals surface area contributed by atoms with Crippen molar-refractivity contribution in [3.05, 3.63) is 216 Å². The van der Waals surface area contributed by atoms with Crippen LogP contribution >= 0.6 is 0 Å². The summed E-state index contributed by atoms with van der Waals surface area (Å²) in [4.78, 5) is 11.7. The number of rotatable bonds is 8. The van der Waals surface area contributed by atoms with E-state index in [1.54, 1.807) is 0 Å². The molecule has 66 heavy (non-hydrogen) atoms. The molecule has 0 fully saturated rings. The van der Waals surface area contributed by atoms with Crippen molar-refractivity contribution in [2.24, 2.45) is 0 Å². The summed E-state index contributed by atoms with van der Waals surface area (Å²) in [6.07, 6.45) is 5.66. The number of fused-ring (bicyclic) bond motifs is 4. The molecule has 0 atom stereocenters. The van der Waals surface area contributed by atoms with Crippen LogP contribution in [-0.2, 0) is 24.8 Å². The molecule has 0 bridgehead atoms. The zero-order chi connectivity index (χ0) is 45.1. The molecule has 0 aliphatic carbocycles. The molecule has 7 aromatic carbocycles. The summed E-state index contributed by atoms with van der Waals surface area (Å²) in [6.45, 7) is 9.07. The standard InChI is InChI=1S/C59H48N6.Pt/c1-40-33-57(61-38-52(40)43-29-31-60-32-30-43)65-53-24-13-12-21-50(53)51-28-27-45(37-56(51)65)62(5)46-34-44(59(2,3)4)35-47(36-46)63-39-64(55-26-15-14-25-54(55)63)58-48(41-17-8-6-9-18-41)22-16-23-49(58)42-19-10-7-11-20-42;/h6-38H,1-5H3;. The molecule has 0 radical (unpaired) electrons. The number of pyridine rings is 2. The first-order chi connectivity index (χ1) is 32.1. The SMILES string of the molecule is Cc1cc(-n2c3ccccc3c3ccc(N(C)c4cc(-n5[c](=[Pt])n(-c6c(-c7ccccc7)cccc6-c6ccccc6)c6ccccc65)cc(C(C)(C)C)c4)cc32)ncc1-c1ccncc1. The van der Waals surface area contributed by atoms with Crippen molar-refractivity contribution in [3.8, 4) is 50.6 Å². The topological polar surface area (TPSA) is 43.8 Å². The molecule has 0 saturated heterocycles. The van der Waals surface area contributed by atoms with Crippen molar-refractivity contribution >= 4 is 44.2 Å². The summed E-state index contributed by atoms with van der Waals surface area (Å²) in [5.74, 6) is 0.889. The molecular formula is C59H48N6Pt. The van der Waals surface area contributed by atoms with E-state index >= 15 is 0 Å². The summed E-state index contributed by atoms with van der Waals surface area (Å²) < 4.78 is 8.29. The Balaban J connectivity index is 1.09. The number of imidazole rings is 1. The number of para-hydroxylation sites is 4. The molecule has 0 amide bonds. The zero-order valence-corrected chi connectivity index (χ0v) is 39.8. The Morgan fingerprint density at radius 3 is 1.74 bits per heavy atom. The number of aryl methyl sites for hydroxylation is 1. The second-order valence-electron chi connectivity index (χ2n) is 18.0. The Hall–Kier alpha value is -7.40. The first-order valence-electron chi connectivity index (χ1n) is 22.4. The van der Waals surface area contributed by atoms with Crippen LogP contribution in [0.2, 0.25) is 0 Å². The van der Waals surface area contributed by atoms with Gasteiger partial charge in [0, 0.05) is 24.2 Å². The Labute approximate surface area is 396 Å². The van der Waals surface area contributed by atoms with Gasteiger partial charge in [0.25, 0.3) is 0 Å². The van der Waals surface area contributed by atoms with Crippen LogP contribution < -0.4 is 4.90 Å². The molecule has 6 nitrogen and oxygen atoms in total. The monoisotopic (exact) mass is 1040 g/mol. The van der Waals surface area contributed by atoms with Gasteiger partial charge in [-0.1, -0.05) is 12.1 Å². The zero-order valence-electron chi connectivity index (χ0n) is 37.6. The molecule has 11 aromatic rings. The van der Waals surface area contributed by atoms with Crippen LogP contribution in [0.1, 0.15) is 31.9 Å². The van der Waals surface area contributed by atoms with E-state index in [1.807, 2.05) is 30.7 Å². The molecule has 4 aromatic heterocycles. The molecular weight excluding hydrogens is 988 g/mol. The summed E-state index contributed by atoms with van der Waals surface area (Å²) in [5, 5.41) is 2.39. The van der Waals surface area contributed by atoms with E-state index in [1.165, 1.54) is 38.6 Å². The van der Waals surface area contributed by atoms with Crippen LogP contribution in [0.5, 0.6) is 0 Å². The van der Waals surface area contributed by atoms with Crippen LogP contribution in [0.15, 0.2) is 201 Å². The van der Waals surface area contributed by atoms with Gasteiger partial charge in [0.15, 0.2) is 0 Å². The predicted molar refractivity (Wildman–Crippen MR) is 270 cm³/mol. The van der Waals surface area contributed by atoms with Gasteiger partial charge in [-0.05, 0) is 30.2 Å². The fourth-order valence-corrected chi connectivity index (χ4v) is 10.6. The Bertz CT molecular complexity index is 3610. The van der Waals surface area contributed by atoms with Gasteiger partial charge in [-0.15, -0.1) is 0 Å². The summed E-state index contributed by atoms with van der Waals surface area (Å²) >= 11 is 2.56. The third kappa shape index (κ3) is 7.13. The van der Waals surface area contributed by atoms with E-state index < -0.39 is 0 Å². The number of anilines is 2. The van der Waals surface area contributed by atoms with Crippen molar-refractivity contribution in [1.29, 1.82) is 0 Å². The summed E-state index contributed by atoms with van der Waals surface area (Å²) in [5.41, 5.74) is 18.1. The van der Waals surface area contributed by atoms with Crippen molar-refractivity contribution in [2.75, 3.05) is 11.9 Å². The summed E-state index contributed by atoms with van der Waals surface area (Å²) in [6, 6.07) is 65.9. The van der Waals surface area contributed by atoms with Crippen LogP contribution in [0.25, 0.3) is 83.4 Å². The van der Waals surface area contributed by atoms with E-state index in [-0.39, 0.29) is 5.41 Å². The van der Waals surface area contributed by atoms with E-state index in [0.29, 0.717) is 0 Å². The molecule has 0 aliphatic rings. The van der Waals surface area contributed by atoms with Crippen LogP contribution in [0, 0.1) is 10.7 Å². The third-order valence-corrected chi connectivity index (χ3v) is 13.9. The van der Waals surface area contributed by atoms with E-state index in [4.69, 9.17) is 4.98 Å². The number of benzene rings is 7. The fourth-order valence-electron chi connectivity index (χ4n) is 9.47. The quantitative estimate of drug-likeness (QED) is 0.152. The summed E-state index contributed by atoms with van der Waals surface area (Å²) in [7, 11) is 2.19. The molecule has 324 valence electrons. The second kappa shape index (κ2) is 16.5. The first kappa shape index (κ1) is 41.3. The average molecular weight is 1040 g/mol. The van der Waals surface area contributed by atoms with Gasteiger partial charge in [-0.2, -0.15) is 0 Å². The molecule has 0 saturated carbocycles. The minimum absolute atomic E-state index is 0.126. The minimum Gasteiger partial charge on any atom is -0.265 e. The Morgan fingerprint density at radius 1 is 0.500 bits per heavy atom. The molecule has 11 rings (SSSR count). The van der Waals surface area contributed by atoms with Gasteiger partial charge in [0.1, 0.15) is 0 Å². The van der Waals surface area contributed by atoms with Crippen molar-refractivity contribution in [3.63, 3.8) is 0 Å². The van der Waals surface area contributed by atoms with Gasteiger partial charge >= 0.3 is 327 Å². The average Bonchev–Trinajstić information content (AvgIpc) is 3.84. The van der Waals surface area contributed by atoms with Crippen LogP contribution in [0.3, 0.4) is 0 Å². The molecule has 4 heterocycles. The maximum atomic E-state index is 5.10. The fraction of sp³-hybridized carbons (Fsp3) is 0.102. The molecule has 0 unspecified atom stereocenters. The van der Waals surface area contributed by atoms with Crippen molar-refractivity contribution in [1.82, 2.24) is 23.7 Å². The van der Waals surface area contributed by atoms with E-state index in [9.17, 15) is 0 Å². The van der Waals surface area contributed by atoms with Crippen molar-refractivity contribution in [2.45, 2.75) is 33.1 Å².